The molecule has 2 aromatic rings. The Balaban J connectivity index is 1.38. The number of likely N-dealkylation sites (tertiary alicyclic amines) is 1. The zero-order chi connectivity index (χ0) is 17.2. The third-order valence-corrected chi connectivity index (χ3v) is 5.43. The molecule has 4 rings (SSSR count). The van der Waals surface area contributed by atoms with Crippen molar-refractivity contribution in [2.24, 2.45) is 11.8 Å². The standard InChI is InChI=1S/C17H19N5O2S/c23-14(12-4-3-9-22(10-12)16(24)11-6-7-11)19-17-21-20-15(25-17)13-5-1-2-8-18-13/h1-2,5,8,11-12H,3-4,6-7,9-10H2,(H,19,21,23). The van der Waals surface area contributed by atoms with Gasteiger partial charge in [0.05, 0.1) is 5.92 Å². The molecule has 25 heavy (non-hydrogen) atoms. The molecule has 7 nitrogen and oxygen atoms in total. The molecule has 130 valence electrons. The average molecular weight is 357 g/mol. The Kier molecular flexibility index (Phi) is 4.44. The van der Waals surface area contributed by atoms with E-state index in [-0.39, 0.29) is 23.7 Å². The van der Waals surface area contributed by atoms with Crippen LogP contribution >= 0.6 is 11.3 Å². The molecule has 1 N–H and O–H groups in total. The molecule has 2 aromatic heterocycles. The predicted molar refractivity (Wildman–Crippen MR) is 93.8 cm³/mol. The molecule has 0 bridgehead atoms. The molecule has 1 atom stereocenters. The predicted octanol–water partition coefficient (Wildman–Crippen LogP) is 2.19. The summed E-state index contributed by atoms with van der Waals surface area (Å²) in [5, 5.41) is 12.1. The second-order valence-corrected chi connectivity index (χ2v) is 7.49. The first-order valence-electron chi connectivity index (χ1n) is 8.55. The minimum absolute atomic E-state index is 0.0861. The van der Waals surface area contributed by atoms with E-state index in [0.29, 0.717) is 16.7 Å². The van der Waals surface area contributed by atoms with Crippen molar-refractivity contribution in [2.45, 2.75) is 25.7 Å². The quantitative estimate of drug-likeness (QED) is 0.906. The van der Waals surface area contributed by atoms with Gasteiger partial charge in [0.1, 0.15) is 5.69 Å². The van der Waals surface area contributed by atoms with Crippen LogP contribution in [0.15, 0.2) is 24.4 Å². The van der Waals surface area contributed by atoms with Crippen molar-refractivity contribution in [1.29, 1.82) is 0 Å². The first-order valence-corrected chi connectivity index (χ1v) is 9.37. The monoisotopic (exact) mass is 357 g/mol. The number of hydrogen-bond acceptors (Lipinski definition) is 6. The Morgan fingerprint density at radius 3 is 2.80 bits per heavy atom. The molecule has 0 aromatic carbocycles. The highest BCUT2D eigenvalue weighted by Crippen LogP contribution is 2.33. The number of pyridine rings is 1. The number of carbonyl (C=O) groups is 2. The molecule has 1 unspecified atom stereocenters. The summed E-state index contributed by atoms with van der Waals surface area (Å²) in [5.41, 5.74) is 0.736. The molecule has 1 saturated heterocycles. The summed E-state index contributed by atoms with van der Waals surface area (Å²) in [7, 11) is 0. The summed E-state index contributed by atoms with van der Waals surface area (Å²) in [6.45, 7) is 1.27. The van der Waals surface area contributed by atoms with E-state index < -0.39 is 0 Å². The number of nitrogens with zero attached hydrogens (tertiary/aromatic N) is 4. The normalized spacial score (nSPS) is 20.3. The van der Waals surface area contributed by atoms with E-state index in [1.165, 1.54) is 11.3 Å². The van der Waals surface area contributed by atoms with Gasteiger partial charge in [0.25, 0.3) is 0 Å². The van der Waals surface area contributed by atoms with Gasteiger partial charge in [-0.15, -0.1) is 10.2 Å². The number of rotatable bonds is 4. The van der Waals surface area contributed by atoms with Crippen LogP contribution in [-0.4, -0.2) is 45.0 Å². The molecule has 2 aliphatic rings. The zero-order valence-electron chi connectivity index (χ0n) is 13.7. The lowest BCUT2D eigenvalue weighted by molar-refractivity contribution is -0.135. The fourth-order valence-electron chi connectivity index (χ4n) is 3.05. The van der Waals surface area contributed by atoms with Crippen molar-refractivity contribution in [2.75, 3.05) is 18.4 Å². The van der Waals surface area contributed by atoms with E-state index in [1.54, 1.807) is 6.20 Å². The van der Waals surface area contributed by atoms with Gasteiger partial charge in [0, 0.05) is 25.2 Å². The van der Waals surface area contributed by atoms with E-state index in [2.05, 4.69) is 20.5 Å². The Morgan fingerprint density at radius 1 is 1.16 bits per heavy atom. The number of piperidine rings is 1. The van der Waals surface area contributed by atoms with Gasteiger partial charge >= 0.3 is 0 Å². The highest BCUT2D eigenvalue weighted by molar-refractivity contribution is 7.18. The van der Waals surface area contributed by atoms with Gasteiger partial charge in [-0.25, -0.2) is 0 Å². The maximum absolute atomic E-state index is 12.5. The van der Waals surface area contributed by atoms with Crippen LogP contribution < -0.4 is 5.32 Å². The van der Waals surface area contributed by atoms with Crippen LogP contribution in [0.5, 0.6) is 0 Å². The van der Waals surface area contributed by atoms with Gasteiger partial charge < -0.3 is 10.2 Å². The van der Waals surface area contributed by atoms with Gasteiger partial charge in [-0.1, -0.05) is 17.4 Å². The minimum Gasteiger partial charge on any atom is -0.342 e. The molecule has 1 aliphatic heterocycles. The zero-order valence-corrected chi connectivity index (χ0v) is 14.5. The van der Waals surface area contributed by atoms with Gasteiger partial charge in [-0.3, -0.25) is 14.6 Å². The van der Waals surface area contributed by atoms with Gasteiger partial charge in [-0.2, -0.15) is 0 Å². The highest BCUT2D eigenvalue weighted by Gasteiger charge is 2.36. The largest absolute Gasteiger partial charge is 0.342 e. The maximum Gasteiger partial charge on any atom is 0.231 e. The summed E-state index contributed by atoms with van der Waals surface area (Å²) in [4.78, 5) is 30.8. The van der Waals surface area contributed by atoms with Crippen molar-refractivity contribution in [1.82, 2.24) is 20.1 Å². The van der Waals surface area contributed by atoms with E-state index in [0.717, 1.165) is 37.9 Å². The Morgan fingerprint density at radius 2 is 2.04 bits per heavy atom. The molecule has 2 amide bonds. The number of anilines is 1. The van der Waals surface area contributed by atoms with Crippen LogP contribution in [0, 0.1) is 11.8 Å². The fraction of sp³-hybridized carbons (Fsp3) is 0.471. The Hall–Kier alpha value is -2.35. The van der Waals surface area contributed by atoms with E-state index >= 15 is 0 Å². The molecular weight excluding hydrogens is 338 g/mol. The smallest absolute Gasteiger partial charge is 0.231 e. The SMILES string of the molecule is O=C(Nc1nnc(-c2ccccn2)s1)C1CCCN(C(=O)C2CC2)C1. The molecule has 0 spiro atoms. The third-order valence-electron chi connectivity index (χ3n) is 4.57. The minimum atomic E-state index is -0.182. The molecular formula is C17H19N5O2S. The summed E-state index contributed by atoms with van der Waals surface area (Å²) in [6, 6.07) is 5.58. The first-order chi connectivity index (χ1) is 12.2. The lowest BCUT2D eigenvalue weighted by Crippen LogP contribution is -2.44. The van der Waals surface area contributed by atoms with Crippen molar-refractivity contribution in [3.05, 3.63) is 24.4 Å². The summed E-state index contributed by atoms with van der Waals surface area (Å²) >= 11 is 1.30. The van der Waals surface area contributed by atoms with Crippen LogP contribution in [0.4, 0.5) is 5.13 Å². The topological polar surface area (TPSA) is 88.1 Å². The molecule has 2 fully saturated rings. The lowest BCUT2D eigenvalue weighted by Gasteiger charge is -2.32. The van der Waals surface area contributed by atoms with Crippen molar-refractivity contribution < 1.29 is 9.59 Å². The molecule has 1 saturated carbocycles. The Labute approximate surface area is 149 Å². The van der Waals surface area contributed by atoms with E-state index in [4.69, 9.17) is 0 Å². The second kappa shape index (κ2) is 6.87. The highest BCUT2D eigenvalue weighted by atomic mass is 32.1. The molecule has 1 aliphatic carbocycles. The number of nitrogens with one attached hydrogen (secondary N) is 1. The number of hydrogen-bond donors (Lipinski definition) is 1. The van der Waals surface area contributed by atoms with Crippen LogP contribution in [0.1, 0.15) is 25.7 Å². The van der Waals surface area contributed by atoms with Crippen molar-refractivity contribution in [3.63, 3.8) is 0 Å². The van der Waals surface area contributed by atoms with Crippen LogP contribution in [0.3, 0.4) is 0 Å². The molecule has 8 heteroatoms. The fourth-order valence-corrected chi connectivity index (χ4v) is 3.78. The molecule has 3 heterocycles. The van der Waals surface area contributed by atoms with E-state index in [1.807, 2.05) is 23.1 Å². The van der Waals surface area contributed by atoms with Gasteiger partial charge in [0.15, 0.2) is 5.01 Å². The third kappa shape index (κ3) is 3.68. The first kappa shape index (κ1) is 16.1. The van der Waals surface area contributed by atoms with Crippen LogP contribution in [-0.2, 0) is 9.59 Å². The summed E-state index contributed by atoms with van der Waals surface area (Å²) < 4.78 is 0. The second-order valence-electron chi connectivity index (χ2n) is 6.51. The van der Waals surface area contributed by atoms with E-state index in [9.17, 15) is 9.59 Å². The van der Waals surface area contributed by atoms with Crippen LogP contribution in [0.25, 0.3) is 10.7 Å². The number of aromatic nitrogens is 3. The lowest BCUT2D eigenvalue weighted by atomic mass is 9.97. The van der Waals surface area contributed by atoms with Crippen molar-refractivity contribution >= 4 is 28.3 Å². The number of amides is 2. The maximum atomic E-state index is 12.5. The average Bonchev–Trinajstić information content (AvgIpc) is 3.41. The van der Waals surface area contributed by atoms with Crippen molar-refractivity contribution in [3.8, 4) is 10.7 Å². The van der Waals surface area contributed by atoms with Crippen LogP contribution in [0.2, 0.25) is 0 Å². The summed E-state index contributed by atoms with van der Waals surface area (Å²) in [6.07, 6.45) is 5.35. The van der Waals surface area contributed by atoms with Gasteiger partial charge in [-0.05, 0) is 37.8 Å². The van der Waals surface area contributed by atoms with Gasteiger partial charge in [0.2, 0.25) is 16.9 Å². The number of carbonyl (C=O) groups excluding carboxylic acids is 2. The molecule has 0 radical (unpaired) electrons. The Bertz CT molecular complexity index is 774. The summed E-state index contributed by atoms with van der Waals surface area (Å²) in [5.74, 6) is 0.146.